The van der Waals surface area contributed by atoms with E-state index in [9.17, 15) is 19.5 Å². The molecule has 0 unspecified atom stereocenters. The summed E-state index contributed by atoms with van der Waals surface area (Å²) in [5, 5.41) is 12.0. The molecule has 1 saturated carbocycles. The van der Waals surface area contributed by atoms with E-state index in [1.807, 2.05) is 6.92 Å². The number of likely N-dealkylation sites (N-methyl/N-ethyl adjacent to an activating group) is 1. The van der Waals surface area contributed by atoms with Crippen LogP contribution >= 0.6 is 0 Å². The van der Waals surface area contributed by atoms with Gasteiger partial charge in [-0.25, -0.2) is 0 Å². The summed E-state index contributed by atoms with van der Waals surface area (Å²) in [6.07, 6.45) is 3.61. The Morgan fingerprint density at radius 1 is 1.25 bits per heavy atom. The number of aliphatic carboxylic acids is 1. The van der Waals surface area contributed by atoms with Crippen molar-refractivity contribution in [3.8, 4) is 0 Å². The molecule has 0 radical (unpaired) electrons. The number of hydrogen-bond donors (Lipinski definition) is 2. The van der Waals surface area contributed by atoms with Gasteiger partial charge < -0.3 is 15.3 Å². The van der Waals surface area contributed by atoms with Gasteiger partial charge in [0.2, 0.25) is 11.8 Å². The normalized spacial score (nSPS) is 16.7. The van der Waals surface area contributed by atoms with Gasteiger partial charge in [0, 0.05) is 20.0 Å². The Hall–Kier alpha value is -1.59. The van der Waals surface area contributed by atoms with Crippen LogP contribution in [0.4, 0.5) is 0 Å². The zero-order valence-corrected chi connectivity index (χ0v) is 12.3. The van der Waals surface area contributed by atoms with E-state index >= 15 is 0 Å². The van der Waals surface area contributed by atoms with Crippen LogP contribution in [0.2, 0.25) is 0 Å². The summed E-state index contributed by atoms with van der Waals surface area (Å²) in [6.45, 7) is 2.51. The van der Waals surface area contributed by atoms with Gasteiger partial charge in [0.25, 0.3) is 0 Å². The highest BCUT2D eigenvalue weighted by molar-refractivity contribution is 5.88. The summed E-state index contributed by atoms with van der Waals surface area (Å²) in [5.41, 5.74) is -0.925. The van der Waals surface area contributed by atoms with Crippen LogP contribution in [0.25, 0.3) is 0 Å². The number of rotatable bonds is 7. The summed E-state index contributed by atoms with van der Waals surface area (Å²) in [4.78, 5) is 36.4. The lowest BCUT2D eigenvalue weighted by molar-refractivity contribution is -0.153. The highest BCUT2D eigenvalue weighted by Gasteiger charge is 2.43. The highest BCUT2D eigenvalue weighted by Crippen LogP contribution is 2.41. The van der Waals surface area contributed by atoms with Gasteiger partial charge in [0.05, 0.1) is 12.0 Å². The molecule has 1 aliphatic rings. The second-order valence-corrected chi connectivity index (χ2v) is 5.57. The number of carbonyl (C=O) groups excluding carboxylic acids is 2. The van der Waals surface area contributed by atoms with Gasteiger partial charge in [-0.2, -0.15) is 0 Å². The molecule has 114 valence electrons. The van der Waals surface area contributed by atoms with Crippen molar-refractivity contribution in [3.63, 3.8) is 0 Å². The van der Waals surface area contributed by atoms with Crippen LogP contribution in [0.15, 0.2) is 0 Å². The second kappa shape index (κ2) is 7.26. The molecule has 6 nitrogen and oxygen atoms in total. The largest absolute Gasteiger partial charge is 0.481 e. The molecule has 20 heavy (non-hydrogen) atoms. The van der Waals surface area contributed by atoms with Crippen LogP contribution in [-0.2, 0) is 14.4 Å². The van der Waals surface area contributed by atoms with Crippen LogP contribution in [-0.4, -0.2) is 47.9 Å². The fourth-order valence-corrected chi connectivity index (χ4v) is 2.57. The fourth-order valence-electron chi connectivity index (χ4n) is 2.57. The van der Waals surface area contributed by atoms with Gasteiger partial charge >= 0.3 is 5.97 Å². The van der Waals surface area contributed by atoms with Crippen molar-refractivity contribution in [3.05, 3.63) is 0 Å². The monoisotopic (exact) mass is 284 g/mol. The van der Waals surface area contributed by atoms with E-state index in [1.54, 1.807) is 7.05 Å². The SMILES string of the molecule is CCCNC(=O)CN(C)C(=O)CC1(C(=O)O)CCCC1. The molecule has 6 heteroatoms. The molecule has 2 N–H and O–H groups in total. The quantitative estimate of drug-likeness (QED) is 0.730. The third kappa shape index (κ3) is 4.21. The molecule has 0 heterocycles. The maximum absolute atomic E-state index is 12.1. The number of nitrogens with zero attached hydrogens (tertiary/aromatic N) is 1. The molecule has 0 aliphatic heterocycles. The van der Waals surface area contributed by atoms with Gasteiger partial charge in [-0.1, -0.05) is 19.8 Å². The highest BCUT2D eigenvalue weighted by atomic mass is 16.4. The summed E-state index contributed by atoms with van der Waals surface area (Å²) < 4.78 is 0. The van der Waals surface area contributed by atoms with Crippen molar-refractivity contribution >= 4 is 17.8 Å². The number of carboxylic acids is 1. The topological polar surface area (TPSA) is 86.7 Å². The van der Waals surface area contributed by atoms with Crippen molar-refractivity contribution in [2.24, 2.45) is 5.41 Å². The number of carboxylic acid groups (broad SMARTS) is 1. The summed E-state index contributed by atoms with van der Waals surface area (Å²) >= 11 is 0. The minimum Gasteiger partial charge on any atom is -0.481 e. The Labute approximate surface area is 119 Å². The number of hydrogen-bond acceptors (Lipinski definition) is 3. The maximum Gasteiger partial charge on any atom is 0.310 e. The third-order valence-corrected chi connectivity index (χ3v) is 3.88. The first-order valence-corrected chi connectivity index (χ1v) is 7.15. The van der Waals surface area contributed by atoms with E-state index in [2.05, 4.69) is 5.32 Å². The number of amides is 2. The standard InChI is InChI=1S/C14H24N2O4/c1-3-8-15-11(17)10-16(2)12(18)9-14(13(19)20)6-4-5-7-14/h3-10H2,1-2H3,(H,15,17)(H,19,20). The Morgan fingerprint density at radius 2 is 1.85 bits per heavy atom. The molecule has 0 aromatic heterocycles. The van der Waals surface area contributed by atoms with Crippen molar-refractivity contribution in [2.45, 2.75) is 45.4 Å². The van der Waals surface area contributed by atoms with E-state index in [0.29, 0.717) is 19.4 Å². The molecular weight excluding hydrogens is 260 g/mol. The van der Waals surface area contributed by atoms with Crippen molar-refractivity contribution in [1.82, 2.24) is 10.2 Å². The van der Waals surface area contributed by atoms with Crippen LogP contribution < -0.4 is 5.32 Å². The van der Waals surface area contributed by atoms with Gasteiger partial charge in [0.1, 0.15) is 0 Å². The number of nitrogens with one attached hydrogen (secondary N) is 1. The minimum atomic E-state index is -0.925. The van der Waals surface area contributed by atoms with E-state index in [-0.39, 0.29) is 24.8 Å². The molecule has 2 amide bonds. The zero-order chi connectivity index (χ0) is 15.2. The van der Waals surface area contributed by atoms with Gasteiger partial charge in [-0.05, 0) is 19.3 Å². The summed E-state index contributed by atoms with van der Waals surface area (Å²) in [5.74, 6) is -1.38. The first kappa shape index (κ1) is 16.5. The van der Waals surface area contributed by atoms with Crippen LogP contribution in [0.1, 0.15) is 45.4 Å². The van der Waals surface area contributed by atoms with E-state index < -0.39 is 11.4 Å². The number of carbonyl (C=O) groups is 3. The average Bonchev–Trinajstić information content (AvgIpc) is 2.86. The Balaban J connectivity index is 2.52. The van der Waals surface area contributed by atoms with Crippen molar-refractivity contribution in [1.29, 1.82) is 0 Å². The molecule has 0 aromatic carbocycles. The maximum atomic E-state index is 12.1. The Morgan fingerprint density at radius 3 is 2.35 bits per heavy atom. The molecule has 0 spiro atoms. The molecule has 0 atom stereocenters. The van der Waals surface area contributed by atoms with Crippen molar-refractivity contribution < 1.29 is 19.5 Å². The Bertz CT molecular complexity index is 375. The molecular formula is C14H24N2O4. The molecule has 1 rings (SSSR count). The Kier molecular flexibility index (Phi) is 5.98. The average molecular weight is 284 g/mol. The van der Waals surface area contributed by atoms with Gasteiger partial charge in [0.15, 0.2) is 0 Å². The lowest BCUT2D eigenvalue weighted by atomic mass is 9.82. The predicted octanol–water partition coefficient (Wildman–Crippen LogP) is 1.01. The van der Waals surface area contributed by atoms with E-state index in [4.69, 9.17) is 0 Å². The third-order valence-electron chi connectivity index (χ3n) is 3.88. The van der Waals surface area contributed by atoms with E-state index in [0.717, 1.165) is 19.3 Å². The van der Waals surface area contributed by atoms with Crippen LogP contribution in [0.3, 0.4) is 0 Å². The lowest BCUT2D eigenvalue weighted by Gasteiger charge is -2.26. The molecule has 1 aliphatic carbocycles. The lowest BCUT2D eigenvalue weighted by Crippen LogP contribution is -2.41. The predicted molar refractivity (Wildman–Crippen MR) is 74.1 cm³/mol. The minimum absolute atomic E-state index is 0.0140. The molecule has 0 bridgehead atoms. The smallest absolute Gasteiger partial charge is 0.310 e. The summed E-state index contributed by atoms with van der Waals surface area (Å²) in [7, 11) is 1.54. The van der Waals surface area contributed by atoms with Crippen LogP contribution in [0.5, 0.6) is 0 Å². The van der Waals surface area contributed by atoms with Gasteiger partial charge in [-0.15, -0.1) is 0 Å². The molecule has 1 fully saturated rings. The van der Waals surface area contributed by atoms with Gasteiger partial charge in [-0.3, -0.25) is 14.4 Å². The fraction of sp³-hybridized carbons (Fsp3) is 0.786. The first-order valence-electron chi connectivity index (χ1n) is 7.15. The van der Waals surface area contributed by atoms with Crippen LogP contribution in [0, 0.1) is 5.41 Å². The van der Waals surface area contributed by atoms with E-state index in [1.165, 1.54) is 4.90 Å². The molecule has 0 aromatic rings. The second-order valence-electron chi connectivity index (χ2n) is 5.57. The zero-order valence-electron chi connectivity index (χ0n) is 12.3. The first-order chi connectivity index (χ1) is 9.41. The molecule has 0 saturated heterocycles. The summed E-state index contributed by atoms with van der Waals surface area (Å²) in [6, 6.07) is 0. The van der Waals surface area contributed by atoms with Crippen molar-refractivity contribution in [2.75, 3.05) is 20.1 Å².